The number of sulfonamides is 1. The van der Waals surface area contributed by atoms with Gasteiger partial charge in [0, 0.05) is 13.2 Å². The maximum absolute atomic E-state index is 13.1. The maximum atomic E-state index is 13.1. The quantitative estimate of drug-likeness (QED) is 0.872. The number of hydrogen-bond donors (Lipinski definition) is 2. The highest BCUT2D eigenvalue weighted by Gasteiger charge is 2.39. The predicted octanol–water partition coefficient (Wildman–Crippen LogP) is 2.72. The summed E-state index contributed by atoms with van der Waals surface area (Å²) in [4.78, 5) is -0.0742. The molecule has 0 saturated carbocycles. The van der Waals surface area contributed by atoms with Crippen molar-refractivity contribution in [2.75, 3.05) is 6.61 Å². The monoisotopic (exact) mass is 347 g/mol. The van der Waals surface area contributed by atoms with Crippen LogP contribution >= 0.6 is 0 Å². The van der Waals surface area contributed by atoms with Crippen molar-refractivity contribution < 1.29 is 18.6 Å². The second-order valence-corrected chi connectivity index (χ2v) is 7.96. The standard InChI is InChI=1S/C18H21NO4S/c1-13-8-9-18(17(21)11-13)24(22,23)19-12-14-5-2-3-6-15(14)16(19)7-4-10-20/h2-3,5-6,8-9,11,16,20-21H,4,7,10,12H2,1H3. The van der Waals surface area contributed by atoms with E-state index >= 15 is 0 Å². The lowest BCUT2D eigenvalue weighted by molar-refractivity contribution is 0.256. The second kappa shape index (κ2) is 6.55. The third-order valence-corrected chi connectivity index (χ3v) is 6.33. The highest BCUT2D eigenvalue weighted by atomic mass is 32.2. The molecule has 0 fully saturated rings. The van der Waals surface area contributed by atoms with E-state index in [1.807, 2.05) is 24.3 Å². The van der Waals surface area contributed by atoms with Gasteiger partial charge in [-0.1, -0.05) is 30.3 Å². The number of benzene rings is 2. The number of phenolic OH excluding ortho intramolecular Hbond substituents is 1. The molecule has 0 radical (unpaired) electrons. The summed E-state index contributed by atoms with van der Waals surface area (Å²) < 4.78 is 27.7. The first kappa shape index (κ1) is 17.0. The van der Waals surface area contributed by atoms with Gasteiger partial charge in [-0.3, -0.25) is 0 Å². The van der Waals surface area contributed by atoms with Gasteiger partial charge >= 0.3 is 0 Å². The van der Waals surface area contributed by atoms with E-state index in [-0.39, 0.29) is 29.8 Å². The summed E-state index contributed by atoms with van der Waals surface area (Å²) in [7, 11) is -3.83. The van der Waals surface area contributed by atoms with E-state index < -0.39 is 10.0 Å². The Morgan fingerprint density at radius 1 is 1.21 bits per heavy atom. The van der Waals surface area contributed by atoms with Gasteiger partial charge in [-0.25, -0.2) is 8.42 Å². The van der Waals surface area contributed by atoms with Crippen LogP contribution in [-0.2, 0) is 16.6 Å². The molecule has 1 unspecified atom stereocenters. The third-order valence-electron chi connectivity index (χ3n) is 4.42. The molecule has 0 aliphatic carbocycles. The summed E-state index contributed by atoms with van der Waals surface area (Å²) in [5.74, 6) is -0.230. The molecule has 1 aliphatic rings. The van der Waals surface area contributed by atoms with Crippen molar-refractivity contribution in [2.24, 2.45) is 0 Å². The summed E-state index contributed by atoms with van der Waals surface area (Å²) in [6.07, 6.45) is 1.06. The Morgan fingerprint density at radius 3 is 2.67 bits per heavy atom. The smallest absolute Gasteiger partial charge is 0.247 e. The Balaban J connectivity index is 2.03. The van der Waals surface area contributed by atoms with Gasteiger partial charge in [-0.15, -0.1) is 0 Å². The van der Waals surface area contributed by atoms with Crippen molar-refractivity contribution in [1.29, 1.82) is 0 Å². The number of aromatic hydroxyl groups is 1. The number of nitrogens with zero attached hydrogens (tertiary/aromatic N) is 1. The lowest BCUT2D eigenvalue weighted by Crippen LogP contribution is -2.30. The fraction of sp³-hybridized carbons (Fsp3) is 0.333. The van der Waals surface area contributed by atoms with Gasteiger partial charge in [0.15, 0.2) is 0 Å². The Kier molecular flexibility index (Phi) is 4.62. The number of hydrogen-bond acceptors (Lipinski definition) is 4. The van der Waals surface area contributed by atoms with Crippen LogP contribution in [0.5, 0.6) is 5.75 Å². The number of fused-ring (bicyclic) bond motifs is 1. The zero-order valence-corrected chi connectivity index (χ0v) is 14.3. The molecule has 128 valence electrons. The van der Waals surface area contributed by atoms with E-state index in [4.69, 9.17) is 5.11 Å². The molecule has 2 aromatic rings. The molecular weight excluding hydrogens is 326 g/mol. The molecule has 2 aromatic carbocycles. The van der Waals surface area contributed by atoms with E-state index in [1.165, 1.54) is 16.4 Å². The molecule has 0 aromatic heterocycles. The fourth-order valence-electron chi connectivity index (χ4n) is 3.24. The minimum absolute atomic E-state index is 0.0162. The van der Waals surface area contributed by atoms with Crippen molar-refractivity contribution in [3.63, 3.8) is 0 Å². The largest absolute Gasteiger partial charge is 0.507 e. The first-order valence-corrected chi connectivity index (χ1v) is 9.39. The molecule has 0 amide bonds. The van der Waals surface area contributed by atoms with Crippen LogP contribution in [0.1, 0.15) is 35.6 Å². The minimum Gasteiger partial charge on any atom is -0.507 e. The Bertz CT molecular complexity index is 848. The van der Waals surface area contributed by atoms with Gasteiger partial charge in [0.1, 0.15) is 10.6 Å². The van der Waals surface area contributed by atoms with Gasteiger partial charge in [0.2, 0.25) is 10.0 Å². The summed E-state index contributed by atoms with van der Waals surface area (Å²) in [5.41, 5.74) is 2.74. The lowest BCUT2D eigenvalue weighted by atomic mass is 10.0. The molecule has 3 rings (SSSR count). The number of aryl methyl sites for hydroxylation is 1. The summed E-state index contributed by atoms with van der Waals surface area (Å²) >= 11 is 0. The van der Waals surface area contributed by atoms with Crippen LogP contribution in [0, 0.1) is 6.92 Å². The molecule has 1 atom stereocenters. The van der Waals surface area contributed by atoms with Crippen molar-refractivity contribution in [2.45, 2.75) is 37.2 Å². The zero-order valence-electron chi connectivity index (χ0n) is 13.5. The molecule has 0 spiro atoms. The molecular formula is C18H21NO4S. The van der Waals surface area contributed by atoms with Crippen molar-refractivity contribution in [3.05, 3.63) is 59.2 Å². The van der Waals surface area contributed by atoms with E-state index in [2.05, 4.69) is 0 Å². The molecule has 1 heterocycles. The van der Waals surface area contributed by atoms with Gasteiger partial charge in [0.05, 0.1) is 6.04 Å². The average Bonchev–Trinajstić information content (AvgIpc) is 2.92. The van der Waals surface area contributed by atoms with Crippen LogP contribution < -0.4 is 0 Å². The molecule has 5 nitrogen and oxygen atoms in total. The van der Waals surface area contributed by atoms with Crippen molar-refractivity contribution >= 4 is 10.0 Å². The van der Waals surface area contributed by atoms with E-state index in [0.717, 1.165) is 16.7 Å². The molecule has 0 saturated heterocycles. The summed E-state index contributed by atoms with van der Waals surface area (Å²) in [5, 5.41) is 19.3. The number of aliphatic hydroxyl groups excluding tert-OH is 1. The van der Waals surface area contributed by atoms with E-state index in [0.29, 0.717) is 12.8 Å². The summed E-state index contributed by atoms with van der Waals surface area (Å²) in [6, 6.07) is 11.9. The van der Waals surface area contributed by atoms with E-state index in [9.17, 15) is 13.5 Å². The second-order valence-electron chi connectivity index (χ2n) is 6.10. The number of phenols is 1. The summed E-state index contributed by atoms with van der Waals surface area (Å²) in [6.45, 7) is 2.09. The lowest BCUT2D eigenvalue weighted by Gasteiger charge is -2.25. The first-order valence-electron chi connectivity index (χ1n) is 7.95. The molecule has 2 N–H and O–H groups in total. The topological polar surface area (TPSA) is 77.8 Å². The molecule has 1 aliphatic heterocycles. The average molecular weight is 347 g/mol. The van der Waals surface area contributed by atoms with Crippen LogP contribution in [0.4, 0.5) is 0 Å². The minimum atomic E-state index is -3.83. The Hall–Kier alpha value is -1.89. The van der Waals surface area contributed by atoms with Crippen molar-refractivity contribution in [3.8, 4) is 5.75 Å². The number of rotatable bonds is 5. The van der Waals surface area contributed by atoms with Gasteiger partial charge < -0.3 is 10.2 Å². The van der Waals surface area contributed by atoms with Gasteiger partial charge in [-0.05, 0) is 48.6 Å². The normalized spacial score (nSPS) is 17.8. The SMILES string of the molecule is Cc1ccc(S(=O)(=O)N2Cc3ccccc3C2CCCO)c(O)c1. The maximum Gasteiger partial charge on any atom is 0.247 e. The Labute approximate surface area is 142 Å². The van der Waals surface area contributed by atoms with Crippen LogP contribution in [-0.4, -0.2) is 29.5 Å². The van der Waals surface area contributed by atoms with Crippen LogP contribution in [0.25, 0.3) is 0 Å². The zero-order chi connectivity index (χ0) is 17.3. The first-order chi connectivity index (χ1) is 11.4. The van der Waals surface area contributed by atoms with Crippen LogP contribution in [0.15, 0.2) is 47.4 Å². The third kappa shape index (κ3) is 2.92. The van der Waals surface area contributed by atoms with Crippen LogP contribution in [0.2, 0.25) is 0 Å². The fourth-order valence-corrected chi connectivity index (χ4v) is 4.92. The van der Waals surface area contributed by atoms with Gasteiger partial charge in [0.25, 0.3) is 0 Å². The number of aliphatic hydroxyl groups is 1. The highest BCUT2D eigenvalue weighted by Crippen LogP contribution is 2.41. The predicted molar refractivity (Wildman–Crippen MR) is 91.1 cm³/mol. The van der Waals surface area contributed by atoms with Crippen LogP contribution in [0.3, 0.4) is 0 Å². The molecule has 6 heteroatoms. The molecule has 24 heavy (non-hydrogen) atoms. The molecule has 0 bridgehead atoms. The van der Waals surface area contributed by atoms with Crippen molar-refractivity contribution in [1.82, 2.24) is 4.31 Å². The van der Waals surface area contributed by atoms with E-state index in [1.54, 1.807) is 13.0 Å². The highest BCUT2D eigenvalue weighted by molar-refractivity contribution is 7.89. The Morgan fingerprint density at radius 2 is 1.96 bits per heavy atom. The van der Waals surface area contributed by atoms with Gasteiger partial charge in [-0.2, -0.15) is 4.31 Å².